The third kappa shape index (κ3) is 8.87. The Morgan fingerprint density at radius 1 is 1.27 bits per heavy atom. The minimum atomic E-state index is -1.52. The Kier molecular flexibility index (Phi) is 10.6. The van der Waals surface area contributed by atoms with Crippen LogP contribution in [0.2, 0.25) is 0 Å². The summed E-state index contributed by atoms with van der Waals surface area (Å²) in [4.78, 5) is 34.3. The van der Waals surface area contributed by atoms with Crippen LogP contribution in [0.4, 0.5) is 4.79 Å². The van der Waals surface area contributed by atoms with Gasteiger partial charge < -0.3 is 42.4 Å². The topological polar surface area (TPSA) is 203 Å². The van der Waals surface area contributed by atoms with Crippen molar-refractivity contribution in [3.05, 3.63) is 0 Å². The monoisotopic (exact) mass is 394 g/mol. The van der Waals surface area contributed by atoms with Crippen LogP contribution in [0, 0.1) is 0 Å². The van der Waals surface area contributed by atoms with Crippen LogP contribution < -0.4 is 27.5 Å². The second kappa shape index (κ2) is 11.5. The zero-order valence-electron chi connectivity index (χ0n) is 14.5. The van der Waals surface area contributed by atoms with Gasteiger partial charge in [-0.25, -0.2) is 15.0 Å². The molecule has 3 amide bonds. The highest BCUT2D eigenvalue weighted by Gasteiger charge is 2.26. The van der Waals surface area contributed by atoms with Gasteiger partial charge >= 0.3 is 12.0 Å². The smallest absolute Gasteiger partial charge is 0.328 e. The summed E-state index contributed by atoms with van der Waals surface area (Å²) >= 11 is 5.03. The van der Waals surface area contributed by atoms with Crippen LogP contribution in [0.15, 0.2) is 0 Å². The number of amides is 3. The van der Waals surface area contributed by atoms with E-state index in [-0.39, 0.29) is 24.6 Å². The summed E-state index contributed by atoms with van der Waals surface area (Å²) in [5, 5.41) is 33.1. The van der Waals surface area contributed by atoms with Gasteiger partial charge in [0.15, 0.2) is 6.04 Å². The molecule has 0 aliphatic rings. The molecule has 0 aliphatic carbocycles. The molecule has 1 unspecified atom stereocenters. The predicted octanol–water partition coefficient (Wildman–Crippen LogP) is -3.55. The van der Waals surface area contributed by atoms with Crippen LogP contribution in [-0.2, 0) is 9.59 Å². The third-order valence-corrected chi connectivity index (χ3v) is 3.81. The van der Waals surface area contributed by atoms with Crippen LogP contribution in [0.3, 0.4) is 0 Å². The third-order valence-electron chi connectivity index (χ3n) is 3.24. The lowest BCUT2D eigenvalue weighted by Gasteiger charge is -2.27. The number of hydrazine groups is 1. The molecule has 0 saturated heterocycles. The van der Waals surface area contributed by atoms with Gasteiger partial charge in [0, 0.05) is 20.0 Å². The molecule has 150 valence electrons. The van der Waals surface area contributed by atoms with E-state index in [1.807, 2.05) is 0 Å². The van der Waals surface area contributed by atoms with E-state index in [2.05, 4.69) is 16.1 Å². The number of hydrogen-bond acceptors (Lipinski definition) is 8. The van der Waals surface area contributed by atoms with Crippen molar-refractivity contribution in [3.63, 3.8) is 0 Å². The Labute approximate surface area is 155 Å². The van der Waals surface area contributed by atoms with Gasteiger partial charge in [0.1, 0.15) is 4.99 Å². The molecule has 0 aromatic carbocycles. The van der Waals surface area contributed by atoms with E-state index >= 15 is 0 Å². The standard InChI is InChI=1S/C13H26N6O6S/c1-6(21)10(12(23)24)18-13(25)17-7(3-9(15)22)4-16-19(2)11(26)8(14)5-20/h6-8,10,16,20-21H,3-5,14H2,1-2H3,(H2,15,22)(H,23,24)(H2,17,18,25)/t6?,7-,8-,10-/m0/s1. The number of likely N-dealkylation sites (N-methyl/N-ethyl adjacent to an activating group) is 1. The fraction of sp³-hybridized carbons (Fsp3) is 0.692. The van der Waals surface area contributed by atoms with Gasteiger partial charge in [0.25, 0.3) is 0 Å². The number of rotatable bonds is 11. The van der Waals surface area contributed by atoms with E-state index in [0.29, 0.717) is 0 Å². The number of carbonyl (C=O) groups is 3. The number of nitrogens with zero attached hydrogens (tertiary/aromatic N) is 1. The fourth-order valence-electron chi connectivity index (χ4n) is 1.83. The molecule has 26 heavy (non-hydrogen) atoms. The van der Waals surface area contributed by atoms with Crippen molar-refractivity contribution in [1.82, 2.24) is 21.1 Å². The summed E-state index contributed by atoms with van der Waals surface area (Å²) in [6, 6.07) is -3.99. The number of nitrogens with two attached hydrogens (primary N) is 2. The lowest BCUT2D eigenvalue weighted by atomic mass is 10.2. The lowest BCUT2D eigenvalue weighted by Crippen LogP contribution is -2.57. The number of primary amides is 1. The molecule has 0 rings (SSSR count). The van der Waals surface area contributed by atoms with E-state index in [1.54, 1.807) is 0 Å². The van der Waals surface area contributed by atoms with Crippen molar-refractivity contribution < 1.29 is 29.7 Å². The Morgan fingerprint density at radius 2 is 1.85 bits per heavy atom. The molecule has 13 heteroatoms. The van der Waals surface area contributed by atoms with Crippen molar-refractivity contribution in [3.8, 4) is 0 Å². The average Bonchev–Trinajstić information content (AvgIpc) is 2.54. The number of aliphatic carboxylic acids is 1. The average molecular weight is 394 g/mol. The molecule has 10 N–H and O–H groups in total. The van der Waals surface area contributed by atoms with E-state index < -0.39 is 42.1 Å². The van der Waals surface area contributed by atoms with Crippen molar-refractivity contribution >= 4 is 35.1 Å². The molecule has 0 fully saturated rings. The van der Waals surface area contributed by atoms with Gasteiger partial charge in [0.2, 0.25) is 5.91 Å². The molecule has 0 aliphatic heterocycles. The van der Waals surface area contributed by atoms with Crippen LogP contribution in [-0.4, -0.2) is 87.7 Å². The van der Waals surface area contributed by atoms with Crippen molar-refractivity contribution in [2.75, 3.05) is 20.2 Å². The first-order valence-electron chi connectivity index (χ1n) is 7.63. The van der Waals surface area contributed by atoms with Crippen LogP contribution >= 0.6 is 12.2 Å². The largest absolute Gasteiger partial charge is 0.480 e. The number of hydrogen-bond donors (Lipinski definition) is 8. The zero-order chi connectivity index (χ0) is 20.4. The summed E-state index contributed by atoms with van der Waals surface area (Å²) in [5.41, 5.74) is 13.5. The van der Waals surface area contributed by atoms with E-state index in [1.165, 1.54) is 19.0 Å². The minimum Gasteiger partial charge on any atom is -0.480 e. The highest BCUT2D eigenvalue weighted by Crippen LogP contribution is 1.96. The van der Waals surface area contributed by atoms with Crippen LogP contribution in [0.25, 0.3) is 0 Å². The second-order valence-electron chi connectivity index (χ2n) is 5.59. The Balaban J connectivity index is 4.79. The molecule has 0 radical (unpaired) electrons. The fourth-order valence-corrected chi connectivity index (χ4v) is 1.97. The number of aliphatic hydroxyl groups excluding tert-OH is 2. The maximum absolute atomic E-state index is 11.9. The normalized spacial score (nSPS) is 15.3. The molecular weight excluding hydrogens is 368 g/mol. The summed E-state index contributed by atoms with van der Waals surface area (Å²) < 4.78 is 0. The van der Waals surface area contributed by atoms with Gasteiger partial charge in [-0.2, -0.15) is 0 Å². The van der Waals surface area contributed by atoms with Gasteiger partial charge in [-0.15, -0.1) is 0 Å². The van der Waals surface area contributed by atoms with Crippen LogP contribution in [0.1, 0.15) is 13.3 Å². The number of carboxylic acids is 1. The van der Waals surface area contributed by atoms with E-state index in [4.69, 9.17) is 33.9 Å². The first-order chi connectivity index (χ1) is 12.0. The molecule has 12 nitrogen and oxygen atoms in total. The highest BCUT2D eigenvalue weighted by molar-refractivity contribution is 7.80. The van der Waals surface area contributed by atoms with Crippen molar-refractivity contribution in [1.29, 1.82) is 0 Å². The second-order valence-corrected chi connectivity index (χ2v) is 6.01. The number of aliphatic hydroxyl groups is 2. The SMILES string of the molecule is CC(O)[C@H](NC(=O)N[C@H](CNN(C)C(=S)[C@@H](N)CO)CC(N)=O)C(=O)O. The van der Waals surface area contributed by atoms with E-state index in [0.717, 1.165) is 0 Å². The Bertz CT molecular complexity index is 519. The summed E-state index contributed by atoms with van der Waals surface area (Å²) in [7, 11) is 1.53. The zero-order valence-corrected chi connectivity index (χ0v) is 15.3. The molecular formula is C13H26N6O6S. The molecule has 0 spiro atoms. The molecule has 0 heterocycles. The first-order valence-corrected chi connectivity index (χ1v) is 8.04. The van der Waals surface area contributed by atoms with Gasteiger partial charge in [-0.3, -0.25) is 4.79 Å². The molecule has 0 aromatic rings. The Hall–Kier alpha value is -2.06. The number of carboxylic acid groups (broad SMARTS) is 1. The van der Waals surface area contributed by atoms with Crippen molar-refractivity contribution in [2.45, 2.75) is 37.6 Å². The van der Waals surface area contributed by atoms with E-state index in [9.17, 15) is 19.5 Å². The predicted molar refractivity (Wildman–Crippen MR) is 95.8 cm³/mol. The van der Waals surface area contributed by atoms with Crippen molar-refractivity contribution in [2.24, 2.45) is 11.5 Å². The number of carbonyl (C=O) groups excluding carboxylic acids is 2. The van der Waals surface area contributed by atoms with Gasteiger partial charge in [0.05, 0.1) is 24.8 Å². The highest BCUT2D eigenvalue weighted by atomic mass is 32.1. The minimum absolute atomic E-state index is 0.0115. The van der Waals surface area contributed by atoms with Gasteiger partial charge in [-0.05, 0) is 6.92 Å². The molecule has 0 bridgehead atoms. The van der Waals surface area contributed by atoms with Crippen LogP contribution in [0.5, 0.6) is 0 Å². The molecule has 4 atom stereocenters. The first kappa shape index (κ1) is 23.9. The van der Waals surface area contributed by atoms with Gasteiger partial charge in [-0.1, -0.05) is 12.2 Å². The summed E-state index contributed by atoms with van der Waals surface area (Å²) in [6.07, 6.45) is -1.56. The molecule has 0 aromatic heterocycles. The quantitative estimate of drug-likeness (QED) is 0.128. The molecule has 0 saturated carbocycles. The summed E-state index contributed by atoms with van der Waals surface area (Å²) in [6.45, 7) is 0.867. The number of urea groups is 1. The number of nitrogens with one attached hydrogen (secondary N) is 3. The lowest BCUT2D eigenvalue weighted by molar-refractivity contribution is -0.141. The summed E-state index contributed by atoms with van der Waals surface area (Å²) in [5.74, 6) is -2.11. The maximum Gasteiger partial charge on any atom is 0.328 e. The Morgan fingerprint density at radius 3 is 2.27 bits per heavy atom. The number of thiocarbonyl (C=S) groups is 1. The maximum atomic E-state index is 11.9.